The van der Waals surface area contributed by atoms with Crippen LogP contribution in [0.25, 0.3) is 10.9 Å². The van der Waals surface area contributed by atoms with Gasteiger partial charge >= 0.3 is 0 Å². The van der Waals surface area contributed by atoms with Crippen molar-refractivity contribution in [3.05, 3.63) is 35.0 Å². The van der Waals surface area contributed by atoms with E-state index in [0.29, 0.717) is 10.4 Å². The number of carbonyl (C=O) groups excluding carboxylic acids is 1. The molecule has 0 aliphatic rings. The van der Waals surface area contributed by atoms with Gasteiger partial charge in [0, 0.05) is 30.6 Å². The second kappa shape index (κ2) is 6.91. The lowest BCUT2D eigenvalue weighted by Crippen LogP contribution is -2.27. The second-order valence-corrected chi connectivity index (χ2v) is 5.39. The molecule has 2 unspecified atom stereocenters. The van der Waals surface area contributed by atoms with Crippen LogP contribution < -0.4 is 5.32 Å². The van der Waals surface area contributed by atoms with E-state index in [1.165, 1.54) is 19.2 Å². The van der Waals surface area contributed by atoms with Crippen LogP contribution in [0.2, 0.25) is 5.02 Å². The lowest BCUT2D eigenvalue weighted by molar-refractivity contribution is -0.119. The van der Waals surface area contributed by atoms with E-state index in [1.807, 2.05) is 0 Å². The number of fused-ring (bicyclic) bond motifs is 1. The molecule has 6 nitrogen and oxygen atoms in total. The van der Waals surface area contributed by atoms with Crippen molar-refractivity contribution in [3.8, 4) is 5.75 Å². The summed E-state index contributed by atoms with van der Waals surface area (Å²) in [5.74, 6) is -0.437. The average Bonchev–Trinajstić information content (AvgIpc) is 2.49. The SMILES string of the molecule is CC(=O)NCCC(O)C(O)c1cc(Cl)c2cccnc2c1O. The van der Waals surface area contributed by atoms with Crippen molar-refractivity contribution in [1.29, 1.82) is 0 Å². The van der Waals surface area contributed by atoms with Gasteiger partial charge in [-0.1, -0.05) is 11.6 Å². The van der Waals surface area contributed by atoms with Gasteiger partial charge in [-0.25, -0.2) is 0 Å². The van der Waals surface area contributed by atoms with Crippen molar-refractivity contribution in [2.24, 2.45) is 0 Å². The molecule has 22 heavy (non-hydrogen) atoms. The molecule has 0 radical (unpaired) electrons. The molecule has 0 bridgehead atoms. The Kier molecular flexibility index (Phi) is 5.18. The minimum absolute atomic E-state index is 0.103. The molecule has 0 saturated heterocycles. The van der Waals surface area contributed by atoms with Crippen LogP contribution in [-0.4, -0.2) is 38.9 Å². The van der Waals surface area contributed by atoms with E-state index >= 15 is 0 Å². The molecule has 2 atom stereocenters. The summed E-state index contributed by atoms with van der Waals surface area (Å²) < 4.78 is 0. The number of aliphatic hydroxyl groups excluding tert-OH is 2. The number of aromatic nitrogens is 1. The summed E-state index contributed by atoms with van der Waals surface area (Å²) in [7, 11) is 0. The largest absolute Gasteiger partial charge is 0.505 e. The van der Waals surface area contributed by atoms with E-state index in [1.54, 1.807) is 12.1 Å². The van der Waals surface area contributed by atoms with Crippen LogP contribution >= 0.6 is 11.6 Å². The Balaban J connectivity index is 2.26. The number of phenolic OH excluding ortho intramolecular Hbond substituents is 1. The number of rotatable bonds is 5. The van der Waals surface area contributed by atoms with Crippen LogP contribution in [0.4, 0.5) is 0 Å². The highest BCUT2D eigenvalue weighted by Crippen LogP contribution is 2.37. The third-order valence-electron chi connectivity index (χ3n) is 3.34. The maximum absolute atomic E-state index is 10.8. The van der Waals surface area contributed by atoms with Crippen LogP contribution in [-0.2, 0) is 4.79 Å². The fourth-order valence-electron chi connectivity index (χ4n) is 2.19. The van der Waals surface area contributed by atoms with Crippen LogP contribution in [0, 0.1) is 0 Å². The van der Waals surface area contributed by atoms with Crippen molar-refractivity contribution in [2.45, 2.75) is 25.6 Å². The van der Waals surface area contributed by atoms with E-state index in [4.69, 9.17) is 11.6 Å². The molecule has 1 aromatic heterocycles. The predicted octanol–water partition coefficient (Wildman–Crippen LogP) is 1.51. The van der Waals surface area contributed by atoms with Crippen LogP contribution in [0.5, 0.6) is 5.75 Å². The van der Waals surface area contributed by atoms with Gasteiger partial charge in [-0.05, 0) is 24.6 Å². The first-order valence-corrected chi connectivity index (χ1v) is 7.16. The second-order valence-electron chi connectivity index (χ2n) is 4.98. The standard InChI is InChI=1S/C15H17ClN2O4/c1-8(19)17-6-4-12(20)14(21)10-7-11(16)9-3-2-5-18-13(9)15(10)22/h2-3,5,7,12,14,20-22H,4,6H2,1H3,(H,17,19). The predicted molar refractivity (Wildman–Crippen MR) is 82.7 cm³/mol. The van der Waals surface area contributed by atoms with Crippen molar-refractivity contribution in [2.75, 3.05) is 6.54 Å². The van der Waals surface area contributed by atoms with Gasteiger partial charge in [0.25, 0.3) is 0 Å². The van der Waals surface area contributed by atoms with E-state index in [0.717, 1.165) is 0 Å². The fourth-order valence-corrected chi connectivity index (χ4v) is 2.46. The molecule has 1 heterocycles. The van der Waals surface area contributed by atoms with Gasteiger partial charge in [0.1, 0.15) is 17.4 Å². The molecule has 0 spiro atoms. The van der Waals surface area contributed by atoms with Crippen molar-refractivity contribution >= 4 is 28.4 Å². The first-order valence-electron chi connectivity index (χ1n) is 6.78. The molecule has 2 rings (SSSR count). The van der Waals surface area contributed by atoms with E-state index in [-0.39, 0.29) is 35.7 Å². The van der Waals surface area contributed by atoms with Crippen LogP contribution in [0.3, 0.4) is 0 Å². The summed E-state index contributed by atoms with van der Waals surface area (Å²) in [5, 5.41) is 33.9. The van der Waals surface area contributed by atoms with Crippen LogP contribution in [0.1, 0.15) is 25.0 Å². The number of amides is 1. The summed E-state index contributed by atoms with van der Waals surface area (Å²) in [4.78, 5) is 14.8. The number of benzene rings is 1. The summed E-state index contributed by atoms with van der Waals surface area (Å²) in [6, 6.07) is 4.80. The quantitative estimate of drug-likeness (QED) is 0.667. The van der Waals surface area contributed by atoms with E-state index in [2.05, 4.69) is 10.3 Å². The van der Waals surface area contributed by atoms with Crippen molar-refractivity contribution < 1.29 is 20.1 Å². The number of hydrogen-bond donors (Lipinski definition) is 4. The Morgan fingerprint density at radius 2 is 2.18 bits per heavy atom. The number of phenols is 1. The Hall–Kier alpha value is -1.89. The Morgan fingerprint density at radius 1 is 1.45 bits per heavy atom. The number of carbonyl (C=O) groups is 1. The summed E-state index contributed by atoms with van der Waals surface area (Å²) in [5.41, 5.74) is 0.365. The highest BCUT2D eigenvalue weighted by Gasteiger charge is 2.24. The van der Waals surface area contributed by atoms with Gasteiger partial charge in [0.2, 0.25) is 5.91 Å². The van der Waals surface area contributed by atoms with Gasteiger partial charge in [0.15, 0.2) is 0 Å². The molecule has 0 saturated carbocycles. The first kappa shape index (κ1) is 16.5. The molecule has 0 fully saturated rings. The monoisotopic (exact) mass is 324 g/mol. The van der Waals surface area contributed by atoms with Crippen molar-refractivity contribution in [1.82, 2.24) is 10.3 Å². The van der Waals surface area contributed by atoms with Crippen LogP contribution in [0.15, 0.2) is 24.4 Å². The van der Waals surface area contributed by atoms with E-state index < -0.39 is 12.2 Å². The van der Waals surface area contributed by atoms with E-state index in [9.17, 15) is 20.1 Å². The minimum atomic E-state index is -1.34. The maximum Gasteiger partial charge on any atom is 0.216 e. The highest BCUT2D eigenvalue weighted by atomic mass is 35.5. The fraction of sp³-hybridized carbons (Fsp3) is 0.333. The Labute approximate surface area is 132 Å². The first-order chi connectivity index (χ1) is 10.4. The van der Waals surface area contributed by atoms with Gasteiger partial charge < -0.3 is 20.6 Å². The molecule has 1 aromatic carbocycles. The lowest BCUT2D eigenvalue weighted by Gasteiger charge is -2.20. The number of pyridine rings is 1. The number of nitrogens with one attached hydrogen (secondary N) is 1. The smallest absolute Gasteiger partial charge is 0.216 e. The molecule has 2 aromatic rings. The zero-order valence-electron chi connectivity index (χ0n) is 12.0. The average molecular weight is 325 g/mol. The Bertz CT molecular complexity index is 693. The number of hydrogen-bond acceptors (Lipinski definition) is 5. The molecule has 118 valence electrons. The molecule has 0 aliphatic carbocycles. The van der Waals surface area contributed by atoms with Gasteiger partial charge in [-0.15, -0.1) is 0 Å². The molecule has 0 aliphatic heterocycles. The molecular weight excluding hydrogens is 308 g/mol. The zero-order chi connectivity index (χ0) is 16.3. The maximum atomic E-state index is 10.8. The van der Waals surface area contributed by atoms with Gasteiger partial charge in [-0.2, -0.15) is 0 Å². The molecular formula is C15H17ClN2O4. The molecule has 7 heteroatoms. The summed E-state index contributed by atoms with van der Waals surface area (Å²) >= 11 is 6.13. The summed E-state index contributed by atoms with van der Waals surface area (Å²) in [6.07, 6.45) is -0.854. The highest BCUT2D eigenvalue weighted by molar-refractivity contribution is 6.35. The third-order valence-corrected chi connectivity index (χ3v) is 3.65. The minimum Gasteiger partial charge on any atom is -0.505 e. The Morgan fingerprint density at radius 3 is 2.86 bits per heavy atom. The topological polar surface area (TPSA) is 103 Å². The number of halogens is 1. The lowest BCUT2D eigenvalue weighted by atomic mass is 9.99. The molecule has 1 amide bonds. The number of aromatic hydroxyl groups is 1. The summed E-state index contributed by atoms with van der Waals surface area (Å²) in [6.45, 7) is 1.58. The molecule has 4 N–H and O–H groups in total. The van der Waals surface area contributed by atoms with Gasteiger partial charge in [-0.3, -0.25) is 9.78 Å². The number of aliphatic hydroxyl groups is 2. The normalized spacial score (nSPS) is 13.8. The van der Waals surface area contributed by atoms with Gasteiger partial charge in [0.05, 0.1) is 11.1 Å². The number of nitrogens with zero attached hydrogens (tertiary/aromatic N) is 1. The third kappa shape index (κ3) is 3.47. The van der Waals surface area contributed by atoms with Crippen molar-refractivity contribution in [3.63, 3.8) is 0 Å². The zero-order valence-corrected chi connectivity index (χ0v) is 12.7.